The summed E-state index contributed by atoms with van der Waals surface area (Å²) in [4.78, 5) is 11.5. The molecule has 1 rings (SSSR count). The van der Waals surface area contributed by atoms with Crippen LogP contribution < -0.4 is 5.32 Å². The molecule has 1 amide bonds. The van der Waals surface area contributed by atoms with E-state index in [0.29, 0.717) is 0 Å². The molecule has 0 aliphatic heterocycles. The van der Waals surface area contributed by atoms with Crippen LogP contribution in [0.4, 0.5) is 32.0 Å². The Labute approximate surface area is 125 Å². The molecule has 0 aliphatic rings. The van der Waals surface area contributed by atoms with E-state index in [4.69, 9.17) is 0 Å². The number of benzene rings is 1. The molecule has 0 saturated heterocycles. The molecule has 0 radical (unpaired) electrons. The van der Waals surface area contributed by atoms with Gasteiger partial charge >= 0.3 is 12.4 Å². The number of halogens is 8. The van der Waals surface area contributed by atoms with Crippen LogP contribution in [0.2, 0.25) is 0 Å². The van der Waals surface area contributed by atoms with Gasteiger partial charge in [0.1, 0.15) is 0 Å². The van der Waals surface area contributed by atoms with E-state index in [0.717, 1.165) is 6.07 Å². The summed E-state index contributed by atoms with van der Waals surface area (Å²) in [7, 11) is 0. The zero-order chi connectivity index (χ0) is 15.8. The van der Waals surface area contributed by atoms with Crippen molar-refractivity contribution in [1.29, 1.82) is 0 Å². The second kappa shape index (κ2) is 5.55. The first-order valence-corrected chi connectivity index (χ1v) is 6.38. The van der Waals surface area contributed by atoms with Gasteiger partial charge in [-0.3, -0.25) is 4.79 Å². The van der Waals surface area contributed by atoms with Crippen LogP contribution in [0.1, 0.15) is 0 Å². The van der Waals surface area contributed by atoms with Gasteiger partial charge in [-0.25, -0.2) is 0 Å². The number of alkyl halides is 7. The van der Waals surface area contributed by atoms with Gasteiger partial charge in [0, 0.05) is 4.47 Å². The molecule has 20 heavy (non-hydrogen) atoms. The molecule has 0 spiro atoms. The smallest absolute Gasteiger partial charge is 0.323 e. The van der Waals surface area contributed by atoms with Crippen LogP contribution in [0, 0.1) is 0 Å². The molecular formula is C10H5Br2F6NO. The van der Waals surface area contributed by atoms with Crippen molar-refractivity contribution in [2.45, 2.75) is 16.7 Å². The Bertz CT molecular complexity index is 499. The number of nitrogens with one attached hydrogen (secondary N) is 1. The van der Waals surface area contributed by atoms with Crippen LogP contribution in [0.5, 0.6) is 0 Å². The minimum atomic E-state index is -5.85. The number of anilines is 1. The van der Waals surface area contributed by atoms with E-state index in [-0.39, 0.29) is 10.2 Å². The van der Waals surface area contributed by atoms with Gasteiger partial charge in [-0.1, -0.05) is 28.1 Å². The van der Waals surface area contributed by atoms with Crippen molar-refractivity contribution in [3.63, 3.8) is 0 Å². The van der Waals surface area contributed by atoms with E-state index < -0.39 is 22.6 Å². The molecule has 2 nitrogen and oxygen atoms in total. The number of amides is 1. The monoisotopic (exact) mass is 427 g/mol. The lowest BCUT2D eigenvalue weighted by Crippen LogP contribution is -2.59. The minimum Gasteiger partial charge on any atom is -0.323 e. The number of para-hydroxylation sites is 1. The van der Waals surface area contributed by atoms with E-state index in [2.05, 4.69) is 15.9 Å². The first-order chi connectivity index (χ1) is 8.91. The molecule has 0 atom stereocenters. The highest BCUT2D eigenvalue weighted by atomic mass is 79.9. The fourth-order valence-electron chi connectivity index (χ4n) is 1.19. The van der Waals surface area contributed by atoms with Crippen molar-refractivity contribution in [3.05, 3.63) is 28.7 Å². The Balaban J connectivity index is 3.19. The highest BCUT2D eigenvalue weighted by Gasteiger charge is 2.74. The van der Waals surface area contributed by atoms with Crippen LogP contribution in [0.15, 0.2) is 28.7 Å². The van der Waals surface area contributed by atoms with Crippen molar-refractivity contribution >= 4 is 43.5 Å². The summed E-state index contributed by atoms with van der Waals surface area (Å²) in [6.07, 6.45) is -11.7. The van der Waals surface area contributed by atoms with Gasteiger partial charge in [-0.15, -0.1) is 0 Å². The highest BCUT2D eigenvalue weighted by molar-refractivity contribution is 9.10. The third-order valence-electron chi connectivity index (χ3n) is 2.22. The summed E-state index contributed by atoms with van der Waals surface area (Å²) in [5.41, 5.74) is -0.213. The van der Waals surface area contributed by atoms with Crippen molar-refractivity contribution in [2.75, 3.05) is 5.32 Å². The van der Waals surface area contributed by atoms with Gasteiger partial charge < -0.3 is 5.32 Å². The third-order valence-corrected chi connectivity index (χ3v) is 4.17. The quantitative estimate of drug-likeness (QED) is 0.539. The number of carbonyl (C=O) groups excluding carboxylic acids is 1. The zero-order valence-electron chi connectivity index (χ0n) is 9.24. The van der Waals surface area contributed by atoms with Gasteiger partial charge in [0.2, 0.25) is 0 Å². The molecule has 0 fully saturated rings. The predicted molar refractivity (Wildman–Crippen MR) is 66.5 cm³/mol. The minimum absolute atomic E-state index is 0.146. The van der Waals surface area contributed by atoms with Crippen molar-refractivity contribution < 1.29 is 31.1 Å². The largest absolute Gasteiger partial charge is 0.421 e. The van der Waals surface area contributed by atoms with E-state index in [1.807, 2.05) is 0 Å². The second-order valence-corrected chi connectivity index (χ2v) is 5.63. The Kier molecular flexibility index (Phi) is 4.79. The summed E-state index contributed by atoms with van der Waals surface area (Å²) >= 11 is 4.40. The van der Waals surface area contributed by atoms with Crippen molar-refractivity contribution in [1.82, 2.24) is 0 Å². The molecular weight excluding hydrogens is 424 g/mol. The van der Waals surface area contributed by atoms with Gasteiger partial charge in [0.25, 0.3) is 10.2 Å². The Morgan fingerprint density at radius 3 is 1.85 bits per heavy atom. The molecule has 0 saturated carbocycles. The first-order valence-electron chi connectivity index (χ1n) is 4.79. The Morgan fingerprint density at radius 2 is 1.45 bits per heavy atom. The Morgan fingerprint density at radius 1 is 1.00 bits per heavy atom. The maximum Gasteiger partial charge on any atom is 0.421 e. The SMILES string of the molecule is O=C(Nc1ccccc1Br)C(Br)(C(F)(F)F)C(F)(F)F. The van der Waals surface area contributed by atoms with E-state index in [9.17, 15) is 31.1 Å². The summed E-state index contributed by atoms with van der Waals surface area (Å²) in [5, 5.41) is 1.59. The molecule has 0 aromatic heterocycles. The number of rotatable bonds is 2. The lowest BCUT2D eigenvalue weighted by Gasteiger charge is -2.30. The average Bonchev–Trinajstić information content (AvgIpc) is 2.28. The molecule has 112 valence electrons. The van der Waals surface area contributed by atoms with Crippen LogP contribution in [0.25, 0.3) is 0 Å². The fraction of sp³-hybridized carbons (Fsp3) is 0.300. The maximum atomic E-state index is 12.6. The molecule has 0 aliphatic carbocycles. The molecule has 1 aromatic rings. The van der Waals surface area contributed by atoms with Crippen molar-refractivity contribution in [3.8, 4) is 0 Å². The maximum absolute atomic E-state index is 12.6. The number of hydrogen-bond acceptors (Lipinski definition) is 1. The topological polar surface area (TPSA) is 29.1 Å². The standard InChI is InChI=1S/C10H5Br2F6NO/c11-5-3-1-2-4-6(5)19-7(20)8(12,9(13,14)15)10(16,17)18/h1-4H,(H,19,20). The summed E-state index contributed by atoms with van der Waals surface area (Å²) < 4.78 is 71.2. The summed E-state index contributed by atoms with van der Waals surface area (Å²) in [6.45, 7) is 0. The zero-order valence-corrected chi connectivity index (χ0v) is 12.4. The van der Waals surface area contributed by atoms with Gasteiger partial charge in [-0.2, -0.15) is 26.3 Å². The van der Waals surface area contributed by atoms with Gasteiger partial charge in [-0.05, 0) is 28.1 Å². The normalized spacial score (nSPS) is 13.2. The highest BCUT2D eigenvalue weighted by Crippen LogP contribution is 2.50. The van der Waals surface area contributed by atoms with Crippen LogP contribution in [-0.4, -0.2) is 22.6 Å². The molecule has 10 heteroatoms. The molecule has 1 N–H and O–H groups in total. The second-order valence-electron chi connectivity index (χ2n) is 3.59. The van der Waals surface area contributed by atoms with E-state index in [1.54, 1.807) is 5.32 Å². The van der Waals surface area contributed by atoms with Crippen LogP contribution >= 0.6 is 31.9 Å². The van der Waals surface area contributed by atoms with E-state index in [1.165, 1.54) is 34.1 Å². The molecule has 0 unspecified atom stereocenters. The average molecular weight is 429 g/mol. The lowest BCUT2D eigenvalue weighted by molar-refractivity contribution is -0.253. The molecule has 0 bridgehead atoms. The van der Waals surface area contributed by atoms with Crippen LogP contribution in [0.3, 0.4) is 0 Å². The molecule has 1 aromatic carbocycles. The first kappa shape index (κ1) is 17.3. The summed E-state index contributed by atoms with van der Waals surface area (Å²) in [6, 6.07) is 5.33. The summed E-state index contributed by atoms with van der Waals surface area (Å²) in [5.74, 6) is -2.27. The number of hydrogen-bond donors (Lipinski definition) is 1. The lowest BCUT2D eigenvalue weighted by atomic mass is 10.1. The van der Waals surface area contributed by atoms with Gasteiger partial charge in [0.05, 0.1) is 5.69 Å². The van der Waals surface area contributed by atoms with E-state index >= 15 is 0 Å². The van der Waals surface area contributed by atoms with Crippen molar-refractivity contribution in [2.24, 2.45) is 0 Å². The fourth-order valence-corrected chi connectivity index (χ4v) is 1.67. The third kappa shape index (κ3) is 3.11. The van der Waals surface area contributed by atoms with Gasteiger partial charge in [0.15, 0.2) is 0 Å². The predicted octanol–water partition coefficient (Wildman–Crippen LogP) is 4.65. The number of carbonyl (C=O) groups is 1. The molecule has 0 heterocycles. The Hall–Kier alpha value is -0.770. The van der Waals surface area contributed by atoms with Crippen LogP contribution in [-0.2, 0) is 4.79 Å².